The maximum absolute atomic E-state index is 12.7. The van der Waals surface area contributed by atoms with Crippen LogP contribution in [0, 0.1) is 5.92 Å². The van der Waals surface area contributed by atoms with Gasteiger partial charge in [0.05, 0.1) is 23.7 Å². The minimum atomic E-state index is -4.69. The number of ether oxygens (including phenoxy) is 1. The van der Waals surface area contributed by atoms with Crippen molar-refractivity contribution >= 4 is 17.6 Å². The molecule has 0 aliphatic carbocycles. The highest BCUT2D eigenvalue weighted by Crippen LogP contribution is 2.32. The van der Waals surface area contributed by atoms with Gasteiger partial charge in [0.2, 0.25) is 5.91 Å². The van der Waals surface area contributed by atoms with Crippen LogP contribution in [-0.2, 0) is 15.7 Å². The number of hydrogen-bond donors (Lipinski definition) is 2. The number of alkyl halides is 3. The Bertz CT molecular complexity index is 565. The zero-order chi connectivity index (χ0) is 15.6. The molecular weight excluding hydrogens is 291 g/mol. The van der Waals surface area contributed by atoms with E-state index in [2.05, 4.69) is 5.32 Å². The van der Waals surface area contributed by atoms with Gasteiger partial charge in [-0.25, -0.2) is 4.79 Å². The number of amides is 1. The van der Waals surface area contributed by atoms with Gasteiger partial charge in [-0.15, -0.1) is 0 Å². The Balaban J connectivity index is 2.27. The Hall–Kier alpha value is -2.09. The maximum atomic E-state index is 12.7. The molecule has 1 unspecified atom stereocenters. The molecule has 2 N–H and O–H groups in total. The Morgan fingerprint density at radius 1 is 1.29 bits per heavy atom. The molecule has 1 aromatic carbocycles. The fraction of sp³-hybridized carbons (Fsp3) is 0.385. The lowest BCUT2D eigenvalue weighted by atomic mass is 10.1. The molecule has 0 bridgehead atoms. The van der Waals surface area contributed by atoms with Crippen molar-refractivity contribution in [2.75, 3.05) is 18.5 Å². The SMILES string of the molecule is O=C(O)c1cc(NC(=O)C2CCOC2)cc(C(F)(F)F)c1. The number of aromatic carboxylic acids is 1. The molecule has 8 heteroatoms. The quantitative estimate of drug-likeness (QED) is 0.899. The molecule has 114 valence electrons. The second-order valence-corrected chi connectivity index (χ2v) is 4.65. The third-order valence-corrected chi connectivity index (χ3v) is 3.08. The fourth-order valence-electron chi connectivity index (χ4n) is 1.97. The van der Waals surface area contributed by atoms with Crippen LogP contribution < -0.4 is 5.32 Å². The van der Waals surface area contributed by atoms with Gasteiger partial charge in [0.25, 0.3) is 0 Å². The molecule has 21 heavy (non-hydrogen) atoms. The van der Waals surface area contributed by atoms with Crippen molar-refractivity contribution in [2.24, 2.45) is 5.92 Å². The summed E-state index contributed by atoms with van der Waals surface area (Å²) >= 11 is 0. The van der Waals surface area contributed by atoms with E-state index in [1.165, 1.54) is 0 Å². The van der Waals surface area contributed by atoms with Crippen LogP contribution >= 0.6 is 0 Å². The maximum Gasteiger partial charge on any atom is 0.416 e. The number of carboxylic acids is 1. The van der Waals surface area contributed by atoms with E-state index < -0.39 is 35.1 Å². The lowest BCUT2D eigenvalue weighted by molar-refractivity contribution is -0.137. The molecule has 0 aromatic heterocycles. The predicted octanol–water partition coefficient (Wildman–Crippen LogP) is 2.38. The largest absolute Gasteiger partial charge is 0.478 e. The van der Waals surface area contributed by atoms with Crippen LogP contribution in [0.1, 0.15) is 22.3 Å². The van der Waals surface area contributed by atoms with Gasteiger partial charge in [0.1, 0.15) is 0 Å². The van der Waals surface area contributed by atoms with Crippen molar-refractivity contribution in [3.8, 4) is 0 Å². The highest BCUT2D eigenvalue weighted by molar-refractivity contribution is 5.95. The summed E-state index contributed by atoms with van der Waals surface area (Å²) in [4.78, 5) is 22.7. The van der Waals surface area contributed by atoms with Crippen molar-refractivity contribution in [3.05, 3.63) is 29.3 Å². The van der Waals surface area contributed by atoms with Crippen molar-refractivity contribution in [1.82, 2.24) is 0 Å². The van der Waals surface area contributed by atoms with Gasteiger partial charge in [-0.1, -0.05) is 0 Å². The number of carbonyl (C=O) groups is 2. The van der Waals surface area contributed by atoms with Crippen LogP contribution in [0.2, 0.25) is 0 Å². The van der Waals surface area contributed by atoms with Gasteiger partial charge in [-0.2, -0.15) is 13.2 Å². The molecule has 1 saturated heterocycles. The number of nitrogens with one attached hydrogen (secondary N) is 1. The van der Waals surface area contributed by atoms with E-state index in [4.69, 9.17) is 9.84 Å². The predicted molar refractivity (Wildman–Crippen MR) is 66.0 cm³/mol. The summed E-state index contributed by atoms with van der Waals surface area (Å²) in [7, 11) is 0. The Kier molecular flexibility index (Phi) is 4.17. The van der Waals surface area contributed by atoms with Gasteiger partial charge in [0, 0.05) is 12.3 Å². The lowest BCUT2D eigenvalue weighted by Crippen LogP contribution is -2.23. The van der Waals surface area contributed by atoms with Gasteiger partial charge < -0.3 is 15.2 Å². The summed E-state index contributed by atoms with van der Waals surface area (Å²) in [6.07, 6.45) is -4.21. The van der Waals surface area contributed by atoms with Crippen LogP contribution in [0.3, 0.4) is 0 Å². The number of carbonyl (C=O) groups excluding carboxylic acids is 1. The number of anilines is 1. The number of carboxylic acid groups (broad SMARTS) is 1. The van der Waals surface area contributed by atoms with E-state index in [0.29, 0.717) is 25.2 Å². The minimum absolute atomic E-state index is 0.195. The van der Waals surface area contributed by atoms with E-state index in [-0.39, 0.29) is 12.3 Å². The average molecular weight is 303 g/mol. The molecule has 5 nitrogen and oxygen atoms in total. The smallest absolute Gasteiger partial charge is 0.416 e. The first-order valence-electron chi connectivity index (χ1n) is 6.11. The number of halogens is 3. The molecule has 1 aliphatic heterocycles. The molecule has 1 aliphatic rings. The van der Waals surface area contributed by atoms with Crippen LogP contribution in [-0.4, -0.2) is 30.2 Å². The summed E-state index contributed by atoms with van der Waals surface area (Å²) in [5.74, 6) is -2.42. The monoisotopic (exact) mass is 303 g/mol. The highest BCUT2D eigenvalue weighted by Gasteiger charge is 2.32. The number of benzene rings is 1. The zero-order valence-corrected chi connectivity index (χ0v) is 10.7. The topological polar surface area (TPSA) is 75.6 Å². The van der Waals surface area contributed by atoms with Crippen LogP contribution in [0.15, 0.2) is 18.2 Å². The van der Waals surface area contributed by atoms with Crippen molar-refractivity contribution in [2.45, 2.75) is 12.6 Å². The van der Waals surface area contributed by atoms with Crippen LogP contribution in [0.5, 0.6) is 0 Å². The third-order valence-electron chi connectivity index (χ3n) is 3.08. The first-order valence-corrected chi connectivity index (χ1v) is 6.11. The van der Waals surface area contributed by atoms with E-state index in [1.54, 1.807) is 0 Å². The van der Waals surface area contributed by atoms with Crippen LogP contribution in [0.4, 0.5) is 18.9 Å². The molecule has 1 amide bonds. The molecule has 1 aromatic rings. The minimum Gasteiger partial charge on any atom is -0.478 e. The van der Waals surface area contributed by atoms with Gasteiger partial charge in [-0.3, -0.25) is 4.79 Å². The first-order chi connectivity index (χ1) is 9.77. The van der Waals surface area contributed by atoms with Gasteiger partial charge >= 0.3 is 12.1 Å². The van der Waals surface area contributed by atoms with E-state index in [0.717, 1.165) is 6.07 Å². The Labute approximate surface area is 117 Å². The Morgan fingerprint density at radius 3 is 2.52 bits per heavy atom. The standard InChI is InChI=1S/C13H12F3NO4/c14-13(15,16)9-3-8(12(19)20)4-10(5-9)17-11(18)7-1-2-21-6-7/h3-5,7H,1-2,6H2,(H,17,18)(H,19,20). The molecule has 1 fully saturated rings. The Morgan fingerprint density at radius 2 is 2.00 bits per heavy atom. The highest BCUT2D eigenvalue weighted by atomic mass is 19.4. The van der Waals surface area contributed by atoms with Crippen molar-refractivity contribution in [3.63, 3.8) is 0 Å². The molecule has 0 saturated carbocycles. The molecule has 0 spiro atoms. The molecular formula is C13H12F3NO4. The molecule has 0 radical (unpaired) electrons. The number of hydrogen-bond acceptors (Lipinski definition) is 3. The average Bonchev–Trinajstić information content (AvgIpc) is 2.91. The zero-order valence-electron chi connectivity index (χ0n) is 10.7. The van der Waals surface area contributed by atoms with E-state index in [9.17, 15) is 22.8 Å². The van der Waals surface area contributed by atoms with Crippen LogP contribution in [0.25, 0.3) is 0 Å². The normalized spacial score (nSPS) is 18.5. The van der Waals surface area contributed by atoms with Gasteiger partial charge in [0.15, 0.2) is 0 Å². The van der Waals surface area contributed by atoms with E-state index >= 15 is 0 Å². The van der Waals surface area contributed by atoms with Crippen molar-refractivity contribution < 1.29 is 32.6 Å². The third kappa shape index (κ3) is 3.72. The number of rotatable bonds is 3. The van der Waals surface area contributed by atoms with Crippen molar-refractivity contribution in [1.29, 1.82) is 0 Å². The second kappa shape index (κ2) is 5.72. The van der Waals surface area contributed by atoms with E-state index in [1.807, 2.05) is 0 Å². The summed E-state index contributed by atoms with van der Waals surface area (Å²) in [6, 6.07) is 2.22. The molecule has 2 rings (SSSR count). The summed E-state index contributed by atoms with van der Waals surface area (Å²) in [5.41, 5.74) is -1.86. The molecule has 1 atom stereocenters. The van der Waals surface area contributed by atoms with Gasteiger partial charge in [-0.05, 0) is 24.6 Å². The summed E-state index contributed by atoms with van der Waals surface area (Å²) < 4.78 is 43.2. The fourth-order valence-corrected chi connectivity index (χ4v) is 1.97. The molecule has 1 heterocycles. The second-order valence-electron chi connectivity index (χ2n) is 4.65. The first kappa shape index (κ1) is 15.3. The summed E-state index contributed by atoms with van der Waals surface area (Å²) in [6.45, 7) is 0.623. The summed E-state index contributed by atoms with van der Waals surface area (Å²) in [5, 5.41) is 11.2. The lowest BCUT2D eigenvalue weighted by Gasteiger charge is -2.13.